The van der Waals surface area contributed by atoms with Crippen LogP contribution < -0.4 is 10.2 Å². The minimum atomic E-state index is -0.812. The average molecular weight is 358 g/mol. The van der Waals surface area contributed by atoms with E-state index >= 15 is 0 Å². The highest BCUT2D eigenvalue weighted by atomic mass is 35.5. The maximum Gasteiger partial charge on any atom is 0.242 e. The lowest BCUT2D eigenvalue weighted by molar-refractivity contribution is 0.0116. The summed E-state index contributed by atoms with van der Waals surface area (Å²) in [5.74, 6) is 1.59. The first-order valence-corrected chi connectivity index (χ1v) is 8.74. The largest absolute Gasteiger partial charge is 0.385 e. The van der Waals surface area contributed by atoms with Crippen LogP contribution in [0.3, 0.4) is 0 Å². The summed E-state index contributed by atoms with van der Waals surface area (Å²) in [6.07, 6.45) is 1.30. The SMILES string of the molecule is CNc1nc2cccc(N3CCC(O)(c4ccc(Cl)cc4)CC3)n2n1. The highest BCUT2D eigenvalue weighted by Gasteiger charge is 2.34. The third-order valence-electron chi connectivity index (χ3n) is 4.86. The predicted molar refractivity (Wildman–Crippen MR) is 99.3 cm³/mol. The standard InChI is InChI=1S/C18H20ClN5O/c1-20-17-21-15-3-2-4-16(24(15)22-17)23-11-9-18(25,10-12-23)13-5-7-14(19)8-6-13/h2-8,25H,9-12H2,1H3,(H,20,22). The van der Waals surface area contributed by atoms with E-state index in [1.165, 1.54) is 0 Å². The van der Waals surface area contributed by atoms with Crippen molar-refractivity contribution in [3.8, 4) is 0 Å². The number of anilines is 2. The Bertz CT molecular complexity index is 884. The lowest BCUT2D eigenvalue weighted by atomic mass is 9.84. The van der Waals surface area contributed by atoms with Crippen LogP contribution in [-0.2, 0) is 5.60 Å². The van der Waals surface area contributed by atoms with Crippen molar-refractivity contribution in [2.45, 2.75) is 18.4 Å². The molecule has 4 rings (SSSR count). The minimum Gasteiger partial charge on any atom is -0.385 e. The van der Waals surface area contributed by atoms with Crippen LogP contribution in [0.15, 0.2) is 42.5 Å². The van der Waals surface area contributed by atoms with Crippen molar-refractivity contribution < 1.29 is 5.11 Å². The van der Waals surface area contributed by atoms with E-state index in [2.05, 4.69) is 20.3 Å². The topological polar surface area (TPSA) is 65.7 Å². The fourth-order valence-electron chi connectivity index (χ4n) is 3.39. The van der Waals surface area contributed by atoms with Gasteiger partial charge in [-0.2, -0.15) is 9.50 Å². The minimum absolute atomic E-state index is 0.599. The Hall–Kier alpha value is -2.31. The highest BCUT2D eigenvalue weighted by molar-refractivity contribution is 6.30. The molecule has 0 aliphatic carbocycles. The van der Waals surface area contributed by atoms with Crippen molar-refractivity contribution in [2.24, 2.45) is 0 Å². The van der Waals surface area contributed by atoms with Crippen molar-refractivity contribution in [3.05, 3.63) is 53.1 Å². The van der Waals surface area contributed by atoms with E-state index in [0.29, 0.717) is 23.8 Å². The lowest BCUT2D eigenvalue weighted by Gasteiger charge is -2.39. The van der Waals surface area contributed by atoms with E-state index in [1.807, 2.05) is 54.0 Å². The van der Waals surface area contributed by atoms with Gasteiger partial charge in [-0.25, -0.2) is 0 Å². The zero-order valence-electron chi connectivity index (χ0n) is 14.0. The van der Waals surface area contributed by atoms with Crippen LogP contribution in [-0.4, -0.2) is 39.8 Å². The summed E-state index contributed by atoms with van der Waals surface area (Å²) in [7, 11) is 1.81. The molecular formula is C18H20ClN5O. The second-order valence-electron chi connectivity index (χ2n) is 6.36. The quantitative estimate of drug-likeness (QED) is 0.754. The predicted octanol–water partition coefficient (Wildman–Crippen LogP) is 2.91. The molecule has 0 bridgehead atoms. The van der Waals surface area contributed by atoms with E-state index in [1.54, 1.807) is 0 Å². The van der Waals surface area contributed by atoms with Gasteiger partial charge in [0.1, 0.15) is 5.82 Å². The summed E-state index contributed by atoms with van der Waals surface area (Å²) >= 11 is 5.96. The Morgan fingerprint density at radius 3 is 2.52 bits per heavy atom. The molecule has 0 saturated carbocycles. The fourth-order valence-corrected chi connectivity index (χ4v) is 3.52. The number of halogens is 1. The van der Waals surface area contributed by atoms with Crippen LogP contribution in [0.5, 0.6) is 0 Å². The van der Waals surface area contributed by atoms with Gasteiger partial charge in [0.15, 0.2) is 5.65 Å². The van der Waals surface area contributed by atoms with Crippen molar-refractivity contribution in [1.29, 1.82) is 0 Å². The molecule has 2 aromatic heterocycles. The molecule has 3 heterocycles. The van der Waals surface area contributed by atoms with E-state index in [4.69, 9.17) is 11.6 Å². The molecule has 1 aliphatic rings. The summed E-state index contributed by atoms with van der Waals surface area (Å²) in [6, 6.07) is 13.4. The smallest absolute Gasteiger partial charge is 0.242 e. The van der Waals surface area contributed by atoms with Gasteiger partial charge in [-0.15, -0.1) is 5.10 Å². The van der Waals surface area contributed by atoms with Crippen LogP contribution in [0, 0.1) is 0 Å². The van der Waals surface area contributed by atoms with Gasteiger partial charge in [0.2, 0.25) is 5.95 Å². The van der Waals surface area contributed by atoms with Gasteiger partial charge in [0.25, 0.3) is 0 Å². The van der Waals surface area contributed by atoms with Crippen LogP contribution in [0.25, 0.3) is 5.65 Å². The lowest BCUT2D eigenvalue weighted by Crippen LogP contribution is -2.43. The molecule has 0 amide bonds. The normalized spacial score (nSPS) is 17.0. The second kappa shape index (κ2) is 6.20. The van der Waals surface area contributed by atoms with E-state index < -0.39 is 5.60 Å². The van der Waals surface area contributed by atoms with Gasteiger partial charge in [0, 0.05) is 25.2 Å². The number of aliphatic hydroxyl groups is 1. The number of benzene rings is 1. The average Bonchev–Trinajstić information content (AvgIpc) is 3.06. The number of hydrogen-bond donors (Lipinski definition) is 2. The molecular weight excluding hydrogens is 338 g/mol. The van der Waals surface area contributed by atoms with Gasteiger partial charge in [-0.3, -0.25) is 0 Å². The van der Waals surface area contributed by atoms with Crippen molar-refractivity contribution in [2.75, 3.05) is 30.4 Å². The van der Waals surface area contributed by atoms with Gasteiger partial charge in [-0.05, 0) is 42.7 Å². The first kappa shape index (κ1) is 16.2. The molecule has 0 atom stereocenters. The third kappa shape index (κ3) is 2.92. The second-order valence-corrected chi connectivity index (χ2v) is 6.80. The molecule has 6 nitrogen and oxygen atoms in total. The van der Waals surface area contributed by atoms with E-state index in [0.717, 1.165) is 30.1 Å². The van der Waals surface area contributed by atoms with Gasteiger partial charge >= 0.3 is 0 Å². The number of nitrogens with one attached hydrogen (secondary N) is 1. The molecule has 1 aromatic carbocycles. The molecule has 1 fully saturated rings. The maximum atomic E-state index is 11.0. The zero-order valence-corrected chi connectivity index (χ0v) is 14.7. The van der Waals surface area contributed by atoms with E-state index in [-0.39, 0.29) is 0 Å². The Morgan fingerprint density at radius 2 is 1.84 bits per heavy atom. The van der Waals surface area contributed by atoms with Gasteiger partial charge < -0.3 is 15.3 Å². The molecule has 7 heteroatoms. The molecule has 130 valence electrons. The molecule has 2 N–H and O–H groups in total. The summed E-state index contributed by atoms with van der Waals surface area (Å²) in [5.41, 5.74) is 0.918. The molecule has 1 saturated heterocycles. The monoisotopic (exact) mass is 357 g/mol. The summed E-state index contributed by atoms with van der Waals surface area (Å²) < 4.78 is 1.85. The summed E-state index contributed by atoms with van der Waals surface area (Å²) in [5, 5.41) is 19.2. The molecule has 0 radical (unpaired) electrons. The fraction of sp³-hybridized carbons (Fsp3) is 0.333. The Kier molecular flexibility index (Phi) is 4.01. The highest BCUT2D eigenvalue weighted by Crippen LogP contribution is 2.35. The number of fused-ring (bicyclic) bond motifs is 1. The molecule has 0 spiro atoms. The van der Waals surface area contributed by atoms with Crippen molar-refractivity contribution >= 4 is 29.0 Å². The zero-order chi connectivity index (χ0) is 17.4. The van der Waals surface area contributed by atoms with Crippen LogP contribution >= 0.6 is 11.6 Å². The number of nitrogens with zero attached hydrogens (tertiary/aromatic N) is 4. The van der Waals surface area contributed by atoms with Crippen molar-refractivity contribution in [1.82, 2.24) is 14.6 Å². The van der Waals surface area contributed by atoms with Crippen LogP contribution in [0.1, 0.15) is 18.4 Å². The molecule has 1 aliphatic heterocycles. The molecule has 25 heavy (non-hydrogen) atoms. The van der Waals surface area contributed by atoms with E-state index in [9.17, 15) is 5.11 Å². The van der Waals surface area contributed by atoms with Gasteiger partial charge in [0.05, 0.1) is 5.60 Å². The summed E-state index contributed by atoms with van der Waals surface area (Å²) in [6.45, 7) is 1.49. The third-order valence-corrected chi connectivity index (χ3v) is 5.11. The summed E-state index contributed by atoms with van der Waals surface area (Å²) in [4.78, 5) is 6.66. The first-order valence-electron chi connectivity index (χ1n) is 8.36. The van der Waals surface area contributed by atoms with Crippen molar-refractivity contribution in [3.63, 3.8) is 0 Å². The Balaban J connectivity index is 1.58. The number of rotatable bonds is 3. The Labute approximate surface area is 151 Å². The number of piperidine rings is 1. The Morgan fingerprint density at radius 1 is 1.12 bits per heavy atom. The maximum absolute atomic E-state index is 11.0. The first-order chi connectivity index (χ1) is 12.1. The molecule has 3 aromatic rings. The number of aromatic nitrogens is 3. The van der Waals surface area contributed by atoms with Crippen LogP contribution in [0.4, 0.5) is 11.8 Å². The van der Waals surface area contributed by atoms with Gasteiger partial charge in [-0.1, -0.05) is 29.8 Å². The number of hydrogen-bond acceptors (Lipinski definition) is 5. The number of pyridine rings is 1. The van der Waals surface area contributed by atoms with Crippen LogP contribution in [0.2, 0.25) is 5.02 Å². The molecule has 0 unspecified atom stereocenters.